The Balaban J connectivity index is 2.49. The van der Waals surface area contributed by atoms with Gasteiger partial charge < -0.3 is 5.11 Å². The van der Waals surface area contributed by atoms with Crippen LogP contribution in [0.2, 0.25) is 0 Å². The Morgan fingerprint density at radius 2 is 1.71 bits per heavy atom. The number of sulfone groups is 1. The summed E-state index contributed by atoms with van der Waals surface area (Å²) < 4.78 is 24.6. The third kappa shape index (κ3) is 7.09. The monoisotopic (exact) mass is 312 g/mol. The lowest BCUT2D eigenvalue weighted by Crippen LogP contribution is -2.07. The number of hydrogen-bond donors (Lipinski definition) is 1. The molecule has 0 saturated heterocycles. The number of unbranched alkanes of at least 4 members (excludes halogenated alkanes) is 5. The van der Waals surface area contributed by atoms with Crippen LogP contribution < -0.4 is 0 Å². The van der Waals surface area contributed by atoms with E-state index < -0.39 is 9.84 Å². The molecule has 1 aromatic rings. The molecule has 0 aromatic heterocycles. The molecule has 3 nitrogen and oxygen atoms in total. The van der Waals surface area contributed by atoms with Gasteiger partial charge in [-0.3, -0.25) is 0 Å². The lowest BCUT2D eigenvalue weighted by atomic mass is 10.1. The van der Waals surface area contributed by atoms with Crippen LogP contribution in [-0.4, -0.2) is 25.9 Å². The maximum atomic E-state index is 12.3. The van der Waals surface area contributed by atoms with Gasteiger partial charge in [0.1, 0.15) is 0 Å². The summed E-state index contributed by atoms with van der Waals surface area (Å²) in [5.41, 5.74) is 0.980. The van der Waals surface area contributed by atoms with Crippen LogP contribution in [0.5, 0.6) is 0 Å². The van der Waals surface area contributed by atoms with Gasteiger partial charge in [0.25, 0.3) is 0 Å². The molecular weight excluding hydrogens is 284 g/mol. The minimum Gasteiger partial charge on any atom is -0.396 e. The van der Waals surface area contributed by atoms with E-state index >= 15 is 0 Å². The molecule has 0 saturated carbocycles. The van der Waals surface area contributed by atoms with Gasteiger partial charge in [-0.1, -0.05) is 51.2 Å². The second kappa shape index (κ2) is 9.96. The summed E-state index contributed by atoms with van der Waals surface area (Å²) in [5.74, 6) is 0.239. The van der Waals surface area contributed by atoms with Gasteiger partial charge in [0, 0.05) is 6.61 Å². The Hall–Kier alpha value is -0.870. The highest BCUT2D eigenvalue weighted by atomic mass is 32.2. The Labute approximate surface area is 129 Å². The first kappa shape index (κ1) is 18.2. The molecule has 1 rings (SSSR count). The third-order valence-electron chi connectivity index (χ3n) is 3.65. The van der Waals surface area contributed by atoms with E-state index in [0.717, 1.165) is 31.2 Å². The van der Waals surface area contributed by atoms with Gasteiger partial charge in [0.2, 0.25) is 0 Å². The van der Waals surface area contributed by atoms with E-state index in [1.165, 1.54) is 19.3 Å². The van der Waals surface area contributed by atoms with E-state index in [1.54, 1.807) is 18.2 Å². The molecule has 0 heterocycles. The first-order chi connectivity index (χ1) is 10.1. The van der Waals surface area contributed by atoms with Crippen molar-refractivity contribution < 1.29 is 13.5 Å². The highest BCUT2D eigenvalue weighted by Gasteiger charge is 2.14. The van der Waals surface area contributed by atoms with Crippen molar-refractivity contribution in [3.05, 3.63) is 29.8 Å². The fraction of sp³-hybridized carbons (Fsp3) is 0.647. The summed E-state index contributed by atoms with van der Waals surface area (Å²) in [6, 6.07) is 7.14. The molecule has 4 heteroatoms. The van der Waals surface area contributed by atoms with Crippen LogP contribution in [0.4, 0.5) is 0 Å². The van der Waals surface area contributed by atoms with Gasteiger partial charge in [-0.05, 0) is 37.0 Å². The maximum absolute atomic E-state index is 12.3. The Kier molecular flexibility index (Phi) is 8.62. The fourth-order valence-electron chi connectivity index (χ4n) is 2.37. The predicted octanol–water partition coefficient (Wildman–Crippen LogP) is 3.75. The van der Waals surface area contributed by atoms with E-state index in [4.69, 9.17) is 5.11 Å². The van der Waals surface area contributed by atoms with Crippen LogP contribution >= 0.6 is 0 Å². The van der Waals surface area contributed by atoms with Crippen molar-refractivity contribution in [1.29, 1.82) is 0 Å². The second-order valence-corrected chi connectivity index (χ2v) is 7.67. The summed E-state index contributed by atoms with van der Waals surface area (Å²) in [4.78, 5) is 0.423. The van der Waals surface area contributed by atoms with Gasteiger partial charge in [-0.2, -0.15) is 0 Å². The molecule has 0 atom stereocenters. The normalized spacial score (nSPS) is 11.7. The zero-order chi connectivity index (χ0) is 15.6. The van der Waals surface area contributed by atoms with Crippen LogP contribution in [0.1, 0.15) is 57.4 Å². The largest absolute Gasteiger partial charge is 0.396 e. The first-order valence-electron chi connectivity index (χ1n) is 8.02. The smallest absolute Gasteiger partial charge is 0.178 e. The van der Waals surface area contributed by atoms with Crippen LogP contribution in [0.25, 0.3) is 0 Å². The molecule has 120 valence electrons. The van der Waals surface area contributed by atoms with Gasteiger partial charge in [0.15, 0.2) is 9.84 Å². The van der Waals surface area contributed by atoms with E-state index in [9.17, 15) is 8.42 Å². The minimum atomic E-state index is -3.16. The Morgan fingerprint density at radius 3 is 2.43 bits per heavy atom. The number of benzene rings is 1. The van der Waals surface area contributed by atoms with Crippen molar-refractivity contribution in [3.8, 4) is 0 Å². The Morgan fingerprint density at radius 1 is 1.00 bits per heavy atom. The molecule has 1 N–H and O–H groups in total. The van der Waals surface area contributed by atoms with Crippen molar-refractivity contribution in [2.75, 3.05) is 12.4 Å². The van der Waals surface area contributed by atoms with Crippen molar-refractivity contribution in [3.63, 3.8) is 0 Å². The molecule has 0 fully saturated rings. The molecule has 0 spiro atoms. The average Bonchev–Trinajstić information content (AvgIpc) is 2.49. The van der Waals surface area contributed by atoms with Gasteiger partial charge >= 0.3 is 0 Å². The number of rotatable bonds is 11. The van der Waals surface area contributed by atoms with Crippen molar-refractivity contribution in [2.45, 2.75) is 63.2 Å². The zero-order valence-corrected chi connectivity index (χ0v) is 13.9. The van der Waals surface area contributed by atoms with E-state index in [2.05, 4.69) is 6.92 Å². The number of hydrogen-bond acceptors (Lipinski definition) is 3. The molecular formula is C17H28O3S. The lowest BCUT2D eigenvalue weighted by Gasteiger charge is -2.07. The average molecular weight is 312 g/mol. The topological polar surface area (TPSA) is 54.4 Å². The molecule has 0 unspecified atom stereocenters. The fourth-order valence-corrected chi connectivity index (χ4v) is 3.80. The Bertz CT molecular complexity index is 495. The quantitative estimate of drug-likeness (QED) is 0.633. The van der Waals surface area contributed by atoms with E-state index in [1.807, 2.05) is 6.07 Å². The molecule has 0 aliphatic rings. The van der Waals surface area contributed by atoms with Crippen LogP contribution in [0.3, 0.4) is 0 Å². The van der Waals surface area contributed by atoms with Crippen LogP contribution in [0, 0.1) is 0 Å². The molecule has 1 aromatic carbocycles. The van der Waals surface area contributed by atoms with Gasteiger partial charge in [-0.25, -0.2) is 8.42 Å². The minimum absolute atomic E-state index is 0.134. The summed E-state index contributed by atoms with van der Waals surface area (Å²) in [6.07, 6.45) is 7.89. The second-order valence-electron chi connectivity index (χ2n) is 5.56. The van der Waals surface area contributed by atoms with Gasteiger partial charge in [-0.15, -0.1) is 0 Å². The summed E-state index contributed by atoms with van der Waals surface area (Å²) in [7, 11) is -3.16. The first-order valence-corrected chi connectivity index (χ1v) is 9.68. The molecule has 0 aliphatic carbocycles. The number of aryl methyl sites for hydroxylation is 1. The van der Waals surface area contributed by atoms with Crippen molar-refractivity contribution in [1.82, 2.24) is 0 Å². The molecule has 21 heavy (non-hydrogen) atoms. The zero-order valence-electron chi connectivity index (χ0n) is 13.1. The lowest BCUT2D eigenvalue weighted by molar-refractivity contribution is 0.288. The summed E-state index contributed by atoms with van der Waals surface area (Å²) in [6.45, 7) is 2.31. The summed E-state index contributed by atoms with van der Waals surface area (Å²) >= 11 is 0. The van der Waals surface area contributed by atoms with Gasteiger partial charge in [0.05, 0.1) is 10.6 Å². The van der Waals surface area contributed by atoms with Crippen LogP contribution in [-0.2, 0) is 16.3 Å². The summed E-state index contributed by atoms with van der Waals surface area (Å²) in [5, 5.41) is 8.84. The number of aliphatic hydroxyl groups excluding tert-OH is 1. The highest BCUT2D eigenvalue weighted by Crippen LogP contribution is 2.16. The van der Waals surface area contributed by atoms with Crippen LogP contribution in [0.15, 0.2) is 29.2 Å². The highest BCUT2D eigenvalue weighted by molar-refractivity contribution is 7.91. The standard InChI is InChI=1S/C17H28O3S/c1-2-3-4-5-6-7-14-21(19,20)17-12-8-10-16(15-17)11-9-13-18/h8,10,12,15,18H,2-7,9,11,13-14H2,1H3. The molecule has 0 radical (unpaired) electrons. The SMILES string of the molecule is CCCCCCCCS(=O)(=O)c1cccc(CCCO)c1. The molecule has 0 aliphatic heterocycles. The molecule has 0 amide bonds. The molecule has 0 bridgehead atoms. The van der Waals surface area contributed by atoms with E-state index in [-0.39, 0.29) is 12.4 Å². The van der Waals surface area contributed by atoms with Crippen molar-refractivity contribution >= 4 is 9.84 Å². The predicted molar refractivity (Wildman–Crippen MR) is 87.3 cm³/mol. The third-order valence-corrected chi connectivity index (χ3v) is 5.45. The number of aliphatic hydroxyl groups is 1. The van der Waals surface area contributed by atoms with Crippen molar-refractivity contribution in [2.24, 2.45) is 0 Å². The maximum Gasteiger partial charge on any atom is 0.178 e. The van der Waals surface area contributed by atoms with E-state index in [0.29, 0.717) is 11.3 Å².